The van der Waals surface area contributed by atoms with Gasteiger partial charge in [-0.3, -0.25) is 0 Å². The van der Waals surface area contributed by atoms with Crippen LogP contribution in [0.25, 0.3) is 0 Å². The van der Waals surface area contributed by atoms with Crippen molar-refractivity contribution in [1.29, 1.82) is 0 Å². The van der Waals surface area contributed by atoms with Gasteiger partial charge in [0.15, 0.2) is 0 Å². The first-order chi connectivity index (χ1) is 11.0. The van der Waals surface area contributed by atoms with E-state index in [1.165, 1.54) is 5.56 Å². The number of ether oxygens (including phenoxy) is 1. The summed E-state index contributed by atoms with van der Waals surface area (Å²) in [5.74, 6) is 2.25. The van der Waals surface area contributed by atoms with Crippen molar-refractivity contribution in [1.82, 2.24) is 9.97 Å². The van der Waals surface area contributed by atoms with E-state index >= 15 is 0 Å². The van der Waals surface area contributed by atoms with Gasteiger partial charge in [-0.15, -0.1) is 0 Å². The molecule has 2 heterocycles. The van der Waals surface area contributed by atoms with Gasteiger partial charge in [0.05, 0.1) is 6.10 Å². The predicted molar refractivity (Wildman–Crippen MR) is 92.8 cm³/mol. The van der Waals surface area contributed by atoms with Crippen LogP contribution in [0.2, 0.25) is 0 Å². The van der Waals surface area contributed by atoms with E-state index in [9.17, 15) is 0 Å². The quantitative estimate of drug-likeness (QED) is 0.862. The van der Waals surface area contributed by atoms with E-state index in [4.69, 9.17) is 9.72 Å². The molecule has 1 aromatic heterocycles. The highest BCUT2D eigenvalue weighted by Crippen LogP contribution is 2.28. The van der Waals surface area contributed by atoms with Crippen molar-refractivity contribution < 1.29 is 4.74 Å². The van der Waals surface area contributed by atoms with Gasteiger partial charge in [0.25, 0.3) is 0 Å². The predicted octanol–water partition coefficient (Wildman–Crippen LogP) is 3.87. The summed E-state index contributed by atoms with van der Waals surface area (Å²) < 4.78 is 6.15. The molecule has 1 fully saturated rings. The fourth-order valence-corrected chi connectivity index (χ4v) is 2.98. The molecule has 2 unspecified atom stereocenters. The molecule has 1 aromatic carbocycles. The molecular formula is C19H25N3O. The van der Waals surface area contributed by atoms with Gasteiger partial charge in [0.1, 0.15) is 17.7 Å². The van der Waals surface area contributed by atoms with Crippen molar-refractivity contribution in [3.8, 4) is 0 Å². The number of hydrogen-bond acceptors (Lipinski definition) is 4. The molecule has 0 aliphatic carbocycles. The lowest BCUT2D eigenvalue weighted by atomic mass is 10.1. The summed E-state index contributed by atoms with van der Waals surface area (Å²) in [5, 5.41) is 0. The summed E-state index contributed by atoms with van der Waals surface area (Å²) in [6, 6.07) is 12.5. The van der Waals surface area contributed by atoms with E-state index < -0.39 is 0 Å². The Kier molecular flexibility index (Phi) is 4.62. The maximum Gasteiger partial charge on any atom is 0.133 e. The van der Waals surface area contributed by atoms with E-state index in [0.29, 0.717) is 5.92 Å². The molecule has 4 heteroatoms. The molecule has 0 saturated carbocycles. The van der Waals surface area contributed by atoms with Gasteiger partial charge >= 0.3 is 0 Å². The minimum atomic E-state index is 0.0812. The van der Waals surface area contributed by atoms with E-state index in [-0.39, 0.29) is 12.2 Å². The molecule has 23 heavy (non-hydrogen) atoms. The van der Waals surface area contributed by atoms with Crippen LogP contribution in [0.4, 0.5) is 5.82 Å². The Balaban J connectivity index is 1.87. The second-order valence-corrected chi connectivity index (χ2v) is 6.63. The molecule has 4 nitrogen and oxygen atoms in total. The Morgan fingerprint density at radius 3 is 2.57 bits per heavy atom. The van der Waals surface area contributed by atoms with Crippen LogP contribution in [0.5, 0.6) is 0 Å². The standard InChI is InChI=1S/C19H25N3O/c1-13(2)19-20-14(3)10-18(21-19)22-11-15(4)23-17(12-22)16-8-6-5-7-9-16/h5-10,13,15,17H,11-12H2,1-4H3. The molecule has 0 amide bonds. The monoisotopic (exact) mass is 311 g/mol. The van der Waals surface area contributed by atoms with Crippen LogP contribution < -0.4 is 4.90 Å². The van der Waals surface area contributed by atoms with Gasteiger partial charge in [-0.05, 0) is 19.4 Å². The van der Waals surface area contributed by atoms with Crippen LogP contribution >= 0.6 is 0 Å². The van der Waals surface area contributed by atoms with Crippen molar-refractivity contribution in [3.63, 3.8) is 0 Å². The largest absolute Gasteiger partial charge is 0.367 e. The Morgan fingerprint density at radius 2 is 1.87 bits per heavy atom. The normalized spacial score (nSPS) is 21.7. The average Bonchev–Trinajstić information content (AvgIpc) is 2.54. The third-order valence-corrected chi connectivity index (χ3v) is 4.13. The Hall–Kier alpha value is -1.94. The zero-order chi connectivity index (χ0) is 16.4. The number of morpholine rings is 1. The van der Waals surface area contributed by atoms with E-state index in [2.05, 4.69) is 61.0 Å². The van der Waals surface area contributed by atoms with Crippen LogP contribution in [0.1, 0.15) is 49.9 Å². The number of aryl methyl sites for hydroxylation is 1. The molecule has 1 saturated heterocycles. The van der Waals surface area contributed by atoms with Gasteiger partial charge in [0, 0.05) is 30.8 Å². The van der Waals surface area contributed by atoms with Gasteiger partial charge in [-0.2, -0.15) is 0 Å². The SMILES string of the molecule is Cc1cc(N2CC(C)OC(c3ccccc3)C2)nc(C(C)C)n1. The molecule has 3 rings (SSSR count). The van der Waals surface area contributed by atoms with Gasteiger partial charge in [-0.25, -0.2) is 9.97 Å². The molecule has 0 spiro atoms. The minimum absolute atomic E-state index is 0.0812. The summed E-state index contributed by atoms with van der Waals surface area (Å²) in [4.78, 5) is 11.7. The first kappa shape index (κ1) is 15.9. The number of anilines is 1. The first-order valence-electron chi connectivity index (χ1n) is 8.34. The lowest BCUT2D eigenvalue weighted by Gasteiger charge is -2.38. The molecule has 2 atom stereocenters. The van der Waals surface area contributed by atoms with E-state index in [1.54, 1.807) is 0 Å². The number of benzene rings is 1. The van der Waals surface area contributed by atoms with Crippen molar-refractivity contribution in [2.24, 2.45) is 0 Å². The second-order valence-electron chi connectivity index (χ2n) is 6.63. The van der Waals surface area contributed by atoms with E-state index in [1.807, 2.05) is 13.0 Å². The topological polar surface area (TPSA) is 38.2 Å². The molecule has 0 N–H and O–H groups in total. The molecule has 1 aliphatic rings. The third-order valence-electron chi connectivity index (χ3n) is 4.13. The van der Waals surface area contributed by atoms with Crippen molar-refractivity contribution >= 4 is 5.82 Å². The Labute approximate surface area is 138 Å². The summed E-state index contributed by atoms with van der Waals surface area (Å²) in [6.45, 7) is 10.1. The number of rotatable bonds is 3. The van der Waals surface area contributed by atoms with E-state index in [0.717, 1.165) is 30.4 Å². The van der Waals surface area contributed by atoms with Crippen molar-refractivity contribution in [2.75, 3.05) is 18.0 Å². The molecule has 0 radical (unpaired) electrons. The first-order valence-corrected chi connectivity index (χ1v) is 8.34. The minimum Gasteiger partial charge on any atom is -0.367 e. The van der Waals surface area contributed by atoms with Gasteiger partial charge in [0.2, 0.25) is 0 Å². The fourth-order valence-electron chi connectivity index (χ4n) is 2.98. The second kappa shape index (κ2) is 6.67. The third kappa shape index (κ3) is 3.70. The fraction of sp³-hybridized carbons (Fsp3) is 0.474. The zero-order valence-electron chi connectivity index (χ0n) is 14.4. The maximum absolute atomic E-state index is 6.15. The van der Waals surface area contributed by atoms with Crippen LogP contribution in [0.3, 0.4) is 0 Å². The van der Waals surface area contributed by atoms with Gasteiger partial charge < -0.3 is 9.64 Å². The Bertz CT molecular complexity index is 657. The molecule has 122 valence electrons. The van der Waals surface area contributed by atoms with Crippen LogP contribution in [-0.2, 0) is 4.74 Å². The summed E-state index contributed by atoms with van der Waals surface area (Å²) in [6.07, 6.45) is 0.254. The zero-order valence-corrected chi connectivity index (χ0v) is 14.4. The summed E-state index contributed by atoms with van der Waals surface area (Å²) >= 11 is 0. The molecule has 2 aromatic rings. The van der Waals surface area contributed by atoms with Crippen molar-refractivity contribution in [3.05, 3.63) is 53.5 Å². The van der Waals surface area contributed by atoms with Gasteiger partial charge in [-0.1, -0.05) is 44.2 Å². The van der Waals surface area contributed by atoms with Crippen LogP contribution in [-0.4, -0.2) is 29.2 Å². The summed E-state index contributed by atoms with van der Waals surface area (Å²) in [5.41, 5.74) is 2.24. The van der Waals surface area contributed by atoms with Crippen LogP contribution in [0, 0.1) is 6.92 Å². The van der Waals surface area contributed by atoms with Crippen molar-refractivity contribution in [2.45, 2.75) is 45.8 Å². The number of aromatic nitrogens is 2. The molecular weight excluding hydrogens is 286 g/mol. The average molecular weight is 311 g/mol. The smallest absolute Gasteiger partial charge is 0.133 e. The highest BCUT2D eigenvalue weighted by molar-refractivity contribution is 5.41. The number of nitrogens with zero attached hydrogens (tertiary/aromatic N) is 3. The number of hydrogen-bond donors (Lipinski definition) is 0. The van der Waals surface area contributed by atoms with Crippen LogP contribution in [0.15, 0.2) is 36.4 Å². The highest BCUT2D eigenvalue weighted by atomic mass is 16.5. The molecule has 1 aliphatic heterocycles. The lowest BCUT2D eigenvalue weighted by Crippen LogP contribution is -2.43. The summed E-state index contributed by atoms with van der Waals surface area (Å²) in [7, 11) is 0. The maximum atomic E-state index is 6.15. The Morgan fingerprint density at radius 1 is 1.13 bits per heavy atom. The molecule has 0 bridgehead atoms. The lowest BCUT2D eigenvalue weighted by molar-refractivity contribution is -0.0176. The highest BCUT2D eigenvalue weighted by Gasteiger charge is 2.27.